The maximum Gasteiger partial charge on any atom is 0.231 e. The lowest BCUT2D eigenvalue weighted by Gasteiger charge is -2.16. The normalized spacial score (nSPS) is 13.2. The van der Waals surface area contributed by atoms with Gasteiger partial charge in [0.2, 0.25) is 6.79 Å². The van der Waals surface area contributed by atoms with Gasteiger partial charge in [-0.15, -0.1) is 0 Å². The van der Waals surface area contributed by atoms with Crippen LogP contribution in [0.2, 0.25) is 0 Å². The van der Waals surface area contributed by atoms with Crippen LogP contribution in [0.5, 0.6) is 11.5 Å². The van der Waals surface area contributed by atoms with Gasteiger partial charge in [-0.2, -0.15) is 0 Å². The molecule has 0 saturated heterocycles. The number of carbonyl (C=O) groups excluding carboxylic acids is 1. The standard InChI is InChI=1S/C13H15BrO3/c1-8(2)11-9(4-3-5-15)6-10-13(12(11)14)17-7-16-10/h5-6,8H,3-4,7H2,1-2H3. The van der Waals surface area contributed by atoms with Crippen LogP contribution >= 0.6 is 15.9 Å². The third kappa shape index (κ3) is 2.32. The lowest BCUT2D eigenvalue weighted by Crippen LogP contribution is -1.99. The highest BCUT2D eigenvalue weighted by atomic mass is 79.9. The van der Waals surface area contributed by atoms with Gasteiger partial charge >= 0.3 is 0 Å². The van der Waals surface area contributed by atoms with Crippen molar-refractivity contribution >= 4 is 22.2 Å². The molecule has 1 aliphatic rings. The van der Waals surface area contributed by atoms with Gasteiger partial charge in [0.25, 0.3) is 0 Å². The van der Waals surface area contributed by atoms with Crippen molar-refractivity contribution in [3.63, 3.8) is 0 Å². The van der Waals surface area contributed by atoms with Crippen molar-refractivity contribution in [2.75, 3.05) is 6.79 Å². The number of rotatable bonds is 4. The quantitative estimate of drug-likeness (QED) is 0.799. The van der Waals surface area contributed by atoms with Gasteiger partial charge in [0.15, 0.2) is 11.5 Å². The van der Waals surface area contributed by atoms with Gasteiger partial charge in [0.05, 0.1) is 4.47 Å². The summed E-state index contributed by atoms with van der Waals surface area (Å²) in [7, 11) is 0. The summed E-state index contributed by atoms with van der Waals surface area (Å²) in [6, 6.07) is 1.99. The molecule has 0 bridgehead atoms. The molecule has 0 fully saturated rings. The van der Waals surface area contributed by atoms with Gasteiger partial charge in [0, 0.05) is 6.42 Å². The second-order valence-electron chi connectivity index (χ2n) is 4.36. The van der Waals surface area contributed by atoms with Crippen LogP contribution in [-0.2, 0) is 11.2 Å². The molecule has 4 heteroatoms. The molecule has 17 heavy (non-hydrogen) atoms. The molecule has 0 radical (unpaired) electrons. The van der Waals surface area contributed by atoms with Gasteiger partial charge in [-0.1, -0.05) is 13.8 Å². The molecule has 0 atom stereocenters. The molecule has 3 nitrogen and oxygen atoms in total. The Morgan fingerprint density at radius 1 is 1.47 bits per heavy atom. The predicted octanol–water partition coefficient (Wildman–Crippen LogP) is 3.43. The number of ether oxygens (including phenoxy) is 2. The van der Waals surface area contributed by atoms with E-state index in [0.29, 0.717) is 12.3 Å². The van der Waals surface area contributed by atoms with Gasteiger partial charge < -0.3 is 14.3 Å². The van der Waals surface area contributed by atoms with Crippen molar-refractivity contribution in [1.29, 1.82) is 0 Å². The van der Waals surface area contributed by atoms with Crippen LogP contribution in [-0.4, -0.2) is 13.1 Å². The van der Waals surface area contributed by atoms with Crippen molar-refractivity contribution in [3.8, 4) is 11.5 Å². The third-order valence-corrected chi connectivity index (χ3v) is 3.62. The van der Waals surface area contributed by atoms with E-state index < -0.39 is 0 Å². The average molecular weight is 299 g/mol. The zero-order valence-corrected chi connectivity index (χ0v) is 11.5. The summed E-state index contributed by atoms with van der Waals surface area (Å²) in [4.78, 5) is 10.5. The van der Waals surface area contributed by atoms with Crippen molar-refractivity contribution in [2.24, 2.45) is 0 Å². The van der Waals surface area contributed by atoms with E-state index >= 15 is 0 Å². The summed E-state index contributed by atoms with van der Waals surface area (Å²) in [5.41, 5.74) is 2.36. The lowest BCUT2D eigenvalue weighted by atomic mass is 9.94. The smallest absolute Gasteiger partial charge is 0.231 e. The van der Waals surface area contributed by atoms with E-state index in [0.717, 1.165) is 34.2 Å². The van der Waals surface area contributed by atoms with Crippen molar-refractivity contribution in [3.05, 3.63) is 21.7 Å². The maximum absolute atomic E-state index is 10.5. The molecule has 0 aromatic heterocycles. The van der Waals surface area contributed by atoms with Crippen LogP contribution in [0.15, 0.2) is 10.5 Å². The Labute approximate surface area is 109 Å². The van der Waals surface area contributed by atoms with Gasteiger partial charge in [-0.05, 0) is 45.5 Å². The zero-order valence-electron chi connectivity index (χ0n) is 9.96. The van der Waals surface area contributed by atoms with Crippen LogP contribution in [0, 0.1) is 0 Å². The van der Waals surface area contributed by atoms with E-state index in [1.807, 2.05) is 6.07 Å². The van der Waals surface area contributed by atoms with E-state index in [2.05, 4.69) is 29.8 Å². The Bertz CT molecular complexity index is 441. The van der Waals surface area contributed by atoms with E-state index in [1.165, 1.54) is 5.56 Å². The number of carbonyl (C=O) groups is 1. The molecule has 0 unspecified atom stereocenters. The Hall–Kier alpha value is -1.03. The fraction of sp³-hybridized carbons (Fsp3) is 0.462. The first-order valence-electron chi connectivity index (χ1n) is 5.69. The minimum absolute atomic E-state index is 0.266. The summed E-state index contributed by atoms with van der Waals surface area (Å²) in [6.45, 7) is 4.53. The molecule has 1 aromatic carbocycles. The third-order valence-electron chi connectivity index (χ3n) is 2.84. The van der Waals surface area contributed by atoms with E-state index in [1.54, 1.807) is 0 Å². The fourth-order valence-corrected chi connectivity index (χ4v) is 3.13. The number of benzene rings is 1. The first kappa shape index (κ1) is 12.4. The van der Waals surface area contributed by atoms with E-state index in [9.17, 15) is 4.79 Å². The summed E-state index contributed by atoms with van der Waals surface area (Å²) >= 11 is 3.58. The SMILES string of the molecule is CC(C)c1c(CCC=O)cc2c(c1Br)OCO2. The van der Waals surface area contributed by atoms with E-state index in [-0.39, 0.29) is 6.79 Å². The largest absolute Gasteiger partial charge is 0.454 e. The molecule has 92 valence electrons. The van der Waals surface area contributed by atoms with Gasteiger partial charge in [0.1, 0.15) is 6.29 Å². The van der Waals surface area contributed by atoms with Crippen LogP contribution < -0.4 is 9.47 Å². The number of hydrogen-bond acceptors (Lipinski definition) is 3. The first-order valence-corrected chi connectivity index (χ1v) is 6.49. The van der Waals surface area contributed by atoms with Crippen LogP contribution in [0.3, 0.4) is 0 Å². The fourth-order valence-electron chi connectivity index (χ4n) is 2.11. The monoisotopic (exact) mass is 298 g/mol. The highest BCUT2D eigenvalue weighted by Gasteiger charge is 2.23. The number of aryl methyl sites for hydroxylation is 1. The van der Waals surface area contributed by atoms with Crippen molar-refractivity contribution in [2.45, 2.75) is 32.6 Å². The van der Waals surface area contributed by atoms with Crippen LogP contribution in [0.4, 0.5) is 0 Å². The molecule has 1 aromatic rings. The number of fused-ring (bicyclic) bond motifs is 1. The Morgan fingerprint density at radius 2 is 2.24 bits per heavy atom. The van der Waals surface area contributed by atoms with Gasteiger partial charge in [-0.25, -0.2) is 0 Å². The minimum atomic E-state index is 0.266. The molecular weight excluding hydrogens is 284 g/mol. The number of hydrogen-bond donors (Lipinski definition) is 0. The molecule has 1 aliphatic heterocycles. The molecule has 0 N–H and O–H groups in total. The Kier molecular flexibility index (Phi) is 3.72. The van der Waals surface area contributed by atoms with Crippen LogP contribution in [0.25, 0.3) is 0 Å². The van der Waals surface area contributed by atoms with Crippen molar-refractivity contribution < 1.29 is 14.3 Å². The van der Waals surface area contributed by atoms with Gasteiger partial charge in [-0.3, -0.25) is 0 Å². The number of aldehydes is 1. The molecule has 0 aliphatic carbocycles. The maximum atomic E-state index is 10.5. The van der Waals surface area contributed by atoms with Crippen molar-refractivity contribution in [1.82, 2.24) is 0 Å². The average Bonchev–Trinajstić information content (AvgIpc) is 2.74. The summed E-state index contributed by atoms with van der Waals surface area (Å²) in [5.74, 6) is 1.92. The number of halogens is 1. The minimum Gasteiger partial charge on any atom is -0.454 e. The molecule has 1 heterocycles. The second-order valence-corrected chi connectivity index (χ2v) is 5.15. The second kappa shape index (κ2) is 5.08. The zero-order chi connectivity index (χ0) is 12.4. The molecule has 2 rings (SSSR count). The molecule has 0 amide bonds. The topological polar surface area (TPSA) is 35.5 Å². The molecule has 0 saturated carbocycles. The Morgan fingerprint density at radius 3 is 2.88 bits per heavy atom. The summed E-state index contributed by atoms with van der Waals surface area (Å²) < 4.78 is 11.8. The van der Waals surface area contributed by atoms with Crippen LogP contribution in [0.1, 0.15) is 37.3 Å². The summed E-state index contributed by atoms with van der Waals surface area (Å²) in [6.07, 6.45) is 2.22. The molecular formula is C13H15BrO3. The highest BCUT2D eigenvalue weighted by Crippen LogP contribution is 2.45. The van der Waals surface area contributed by atoms with E-state index in [4.69, 9.17) is 9.47 Å². The predicted molar refractivity (Wildman–Crippen MR) is 68.7 cm³/mol. The Balaban J connectivity index is 2.49. The first-order chi connectivity index (χ1) is 8.15. The lowest BCUT2D eigenvalue weighted by molar-refractivity contribution is -0.107. The highest BCUT2D eigenvalue weighted by molar-refractivity contribution is 9.10. The summed E-state index contributed by atoms with van der Waals surface area (Å²) in [5, 5.41) is 0. The molecule has 0 spiro atoms.